The van der Waals surface area contributed by atoms with Crippen LogP contribution >= 0.6 is 27.3 Å². The summed E-state index contributed by atoms with van der Waals surface area (Å²) in [7, 11) is 1.40. The van der Waals surface area contributed by atoms with E-state index in [1.807, 2.05) is 6.92 Å². The minimum Gasteiger partial charge on any atom is -0.490 e. The summed E-state index contributed by atoms with van der Waals surface area (Å²) in [6, 6.07) is 4.77. The lowest BCUT2D eigenvalue weighted by Gasteiger charge is -2.02. The lowest BCUT2D eigenvalue weighted by molar-refractivity contribution is -0.385. The van der Waals surface area contributed by atoms with Crippen molar-refractivity contribution in [2.45, 2.75) is 18.2 Å². The molecule has 6 nitrogen and oxygen atoms in total. The molecule has 0 spiro atoms. The van der Waals surface area contributed by atoms with Crippen LogP contribution in [0.25, 0.3) is 10.6 Å². The summed E-state index contributed by atoms with van der Waals surface area (Å²) in [6.07, 6.45) is 0.900. The Kier molecular flexibility index (Phi) is 4.66. The number of methoxy groups -OCH3 is 1. The molecule has 1 heterocycles. The molecule has 0 amide bonds. The van der Waals surface area contributed by atoms with Crippen molar-refractivity contribution in [3.8, 4) is 16.3 Å². The molecule has 1 aromatic heterocycles. The van der Waals surface area contributed by atoms with E-state index in [-0.39, 0.29) is 16.3 Å². The van der Waals surface area contributed by atoms with E-state index in [1.54, 1.807) is 12.1 Å². The Balaban J connectivity index is 2.40. The normalized spacial score (nSPS) is 12.2. The monoisotopic (exact) mass is 357 g/mol. The number of nitro benzene ring substituents is 1. The van der Waals surface area contributed by atoms with Crippen molar-refractivity contribution >= 4 is 33.0 Å². The third-order valence-electron chi connectivity index (χ3n) is 2.69. The highest BCUT2D eigenvalue weighted by atomic mass is 79.9. The van der Waals surface area contributed by atoms with Gasteiger partial charge in [0.1, 0.15) is 10.0 Å². The molecule has 8 heteroatoms. The zero-order chi connectivity index (χ0) is 14.7. The molecule has 1 unspecified atom stereocenters. The first-order chi connectivity index (χ1) is 9.56. The first kappa shape index (κ1) is 14.9. The van der Waals surface area contributed by atoms with Crippen molar-refractivity contribution in [2.75, 3.05) is 7.11 Å². The van der Waals surface area contributed by atoms with Gasteiger partial charge in [0.2, 0.25) is 0 Å². The smallest absolute Gasteiger partial charge is 0.311 e. The molecule has 20 heavy (non-hydrogen) atoms. The highest BCUT2D eigenvalue weighted by molar-refractivity contribution is 9.09. The van der Waals surface area contributed by atoms with Crippen molar-refractivity contribution in [3.05, 3.63) is 33.3 Å². The molecule has 0 aliphatic rings. The lowest BCUT2D eigenvalue weighted by atomic mass is 10.2. The average Bonchev–Trinajstić information content (AvgIpc) is 2.95. The molecule has 0 radical (unpaired) electrons. The molecule has 0 N–H and O–H groups in total. The van der Waals surface area contributed by atoms with Gasteiger partial charge in [-0.05, 0) is 18.6 Å². The zero-order valence-corrected chi connectivity index (χ0v) is 13.3. The van der Waals surface area contributed by atoms with Crippen LogP contribution < -0.4 is 4.74 Å². The molecule has 0 saturated heterocycles. The van der Waals surface area contributed by atoms with Gasteiger partial charge >= 0.3 is 5.69 Å². The van der Waals surface area contributed by atoms with Gasteiger partial charge in [0.05, 0.1) is 16.9 Å². The maximum atomic E-state index is 11.0. The Morgan fingerprint density at radius 2 is 2.25 bits per heavy atom. The van der Waals surface area contributed by atoms with E-state index in [9.17, 15) is 10.1 Å². The summed E-state index contributed by atoms with van der Waals surface area (Å²) in [4.78, 5) is 10.7. The number of halogens is 1. The molecule has 2 rings (SSSR count). The largest absolute Gasteiger partial charge is 0.490 e. The van der Waals surface area contributed by atoms with Crippen LogP contribution in [0.1, 0.15) is 23.2 Å². The van der Waals surface area contributed by atoms with Crippen molar-refractivity contribution < 1.29 is 9.66 Å². The van der Waals surface area contributed by atoms with Crippen LogP contribution in [0.5, 0.6) is 5.75 Å². The van der Waals surface area contributed by atoms with Crippen molar-refractivity contribution in [1.29, 1.82) is 0 Å². The number of aromatic nitrogens is 2. The Morgan fingerprint density at radius 1 is 1.50 bits per heavy atom. The van der Waals surface area contributed by atoms with Crippen LogP contribution in [-0.2, 0) is 0 Å². The fourth-order valence-corrected chi connectivity index (χ4v) is 2.89. The topological polar surface area (TPSA) is 78.2 Å². The molecular formula is C12H12BrN3O3S. The van der Waals surface area contributed by atoms with Crippen LogP contribution in [0.3, 0.4) is 0 Å². The molecule has 106 valence electrons. The van der Waals surface area contributed by atoms with Gasteiger partial charge < -0.3 is 4.74 Å². The molecule has 0 aliphatic carbocycles. The van der Waals surface area contributed by atoms with Gasteiger partial charge in [0.15, 0.2) is 5.75 Å². The SMILES string of the molecule is CCC(Br)c1nnc(-c2ccc(OC)c([N+](=O)[O-])c2)s1. The second-order valence-electron chi connectivity index (χ2n) is 3.96. The standard InChI is InChI=1S/C12H12BrN3O3S/c1-3-8(13)12-15-14-11(20-12)7-4-5-10(19-2)9(6-7)16(17)18/h4-6,8H,3H2,1-2H3. The molecule has 0 bridgehead atoms. The van der Waals surface area contributed by atoms with E-state index in [0.717, 1.165) is 11.4 Å². The van der Waals surface area contributed by atoms with Gasteiger partial charge in [0, 0.05) is 11.6 Å². The van der Waals surface area contributed by atoms with Crippen LogP contribution in [0, 0.1) is 10.1 Å². The Bertz CT molecular complexity index is 632. The predicted molar refractivity (Wildman–Crippen MR) is 80.5 cm³/mol. The fraction of sp³-hybridized carbons (Fsp3) is 0.333. The van der Waals surface area contributed by atoms with Crippen LogP contribution in [0.15, 0.2) is 18.2 Å². The number of hydrogen-bond donors (Lipinski definition) is 0. The van der Waals surface area contributed by atoms with Gasteiger partial charge in [-0.25, -0.2) is 0 Å². The minimum atomic E-state index is -0.469. The first-order valence-corrected chi connectivity index (χ1v) is 7.60. The average molecular weight is 358 g/mol. The summed E-state index contributed by atoms with van der Waals surface area (Å²) in [5.41, 5.74) is 0.588. The third kappa shape index (κ3) is 2.96. The van der Waals surface area contributed by atoms with E-state index in [4.69, 9.17) is 4.74 Å². The number of alkyl halides is 1. The fourth-order valence-electron chi connectivity index (χ4n) is 1.62. The molecular weight excluding hydrogens is 346 g/mol. The van der Waals surface area contributed by atoms with Crippen LogP contribution in [0.2, 0.25) is 0 Å². The maximum Gasteiger partial charge on any atom is 0.311 e. The van der Waals surface area contributed by atoms with Gasteiger partial charge in [-0.3, -0.25) is 10.1 Å². The maximum absolute atomic E-state index is 11.0. The van der Waals surface area contributed by atoms with E-state index >= 15 is 0 Å². The first-order valence-electron chi connectivity index (χ1n) is 5.87. The highest BCUT2D eigenvalue weighted by Crippen LogP contribution is 2.36. The minimum absolute atomic E-state index is 0.0763. The number of hydrogen-bond acceptors (Lipinski definition) is 6. The van der Waals surface area contributed by atoms with Gasteiger partial charge in [-0.1, -0.05) is 34.2 Å². The lowest BCUT2D eigenvalue weighted by Crippen LogP contribution is -1.94. The highest BCUT2D eigenvalue weighted by Gasteiger charge is 2.18. The van der Waals surface area contributed by atoms with Crippen molar-refractivity contribution in [1.82, 2.24) is 10.2 Å². The number of ether oxygens (including phenoxy) is 1. The number of rotatable bonds is 5. The van der Waals surface area contributed by atoms with Crippen LogP contribution in [0.4, 0.5) is 5.69 Å². The Hall–Kier alpha value is -1.54. The Morgan fingerprint density at radius 3 is 2.85 bits per heavy atom. The number of benzene rings is 1. The Labute approximate surface area is 128 Å². The number of nitro groups is 1. The van der Waals surface area contributed by atoms with Gasteiger partial charge in [-0.2, -0.15) is 0 Å². The second-order valence-corrected chi connectivity index (χ2v) is 6.08. The molecule has 0 saturated carbocycles. The number of nitrogens with zero attached hydrogens (tertiary/aromatic N) is 3. The molecule has 1 atom stereocenters. The van der Waals surface area contributed by atoms with E-state index in [0.29, 0.717) is 10.6 Å². The van der Waals surface area contributed by atoms with Crippen LogP contribution in [-0.4, -0.2) is 22.2 Å². The van der Waals surface area contributed by atoms with E-state index < -0.39 is 4.92 Å². The van der Waals surface area contributed by atoms with Crippen molar-refractivity contribution in [3.63, 3.8) is 0 Å². The summed E-state index contributed by atoms with van der Waals surface area (Å²) >= 11 is 4.93. The zero-order valence-electron chi connectivity index (χ0n) is 10.9. The molecule has 2 aromatic rings. The summed E-state index contributed by atoms with van der Waals surface area (Å²) in [5, 5.41) is 20.7. The molecule has 1 aromatic carbocycles. The molecule has 0 fully saturated rings. The van der Waals surface area contributed by atoms with Crippen molar-refractivity contribution in [2.24, 2.45) is 0 Å². The third-order valence-corrected chi connectivity index (χ3v) is 5.16. The quantitative estimate of drug-likeness (QED) is 0.459. The van der Waals surface area contributed by atoms with E-state index in [1.165, 1.54) is 24.5 Å². The summed E-state index contributed by atoms with van der Waals surface area (Å²) < 4.78 is 4.98. The van der Waals surface area contributed by atoms with E-state index in [2.05, 4.69) is 26.1 Å². The summed E-state index contributed by atoms with van der Waals surface area (Å²) in [6.45, 7) is 2.04. The van der Waals surface area contributed by atoms with Gasteiger partial charge in [-0.15, -0.1) is 10.2 Å². The second kappa shape index (κ2) is 6.27. The summed E-state index contributed by atoms with van der Waals surface area (Å²) in [5.74, 6) is 0.232. The molecule has 0 aliphatic heterocycles. The predicted octanol–water partition coefficient (Wildman–Crippen LogP) is 3.97. The van der Waals surface area contributed by atoms with Gasteiger partial charge in [0.25, 0.3) is 0 Å².